The van der Waals surface area contributed by atoms with Crippen LogP contribution in [-0.4, -0.2) is 22.5 Å². The number of hydrogen-bond donors (Lipinski definition) is 0. The number of nitrogens with zero attached hydrogens (tertiary/aromatic N) is 2. The molecule has 0 amide bonds. The molecule has 0 radical (unpaired) electrons. The van der Waals surface area contributed by atoms with Gasteiger partial charge in [0.15, 0.2) is 0 Å². The van der Waals surface area contributed by atoms with Gasteiger partial charge in [0.25, 0.3) is 0 Å². The molecule has 0 saturated heterocycles. The maximum Gasteiger partial charge on any atom is 0.342 e. The highest BCUT2D eigenvalue weighted by Crippen LogP contribution is 2.39. The lowest BCUT2D eigenvalue weighted by molar-refractivity contribution is 0.0525. The molecule has 4 heteroatoms. The Morgan fingerprint density at radius 1 is 1.24 bits per heavy atom. The molecular weight excluding hydrogens is 264 g/mol. The van der Waals surface area contributed by atoms with Crippen LogP contribution in [0.5, 0.6) is 0 Å². The molecule has 108 valence electrons. The number of benzene rings is 1. The van der Waals surface area contributed by atoms with Gasteiger partial charge in [0, 0.05) is 11.5 Å². The van der Waals surface area contributed by atoms with Gasteiger partial charge in [0.1, 0.15) is 11.4 Å². The van der Waals surface area contributed by atoms with Gasteiger partial charge in [-0.1, -0.05) is 30.3 Å². The minimum atomic E-state index is -0.351. The maximum absolute atomic E-state index is 12.3. The summed E-state index contributed by atoms with van der Waals surface area (Å²) in [5, 5.41) is 0. The third-order valence-electron chi connectivity index (χ3n) is 3.58. The van der Waals surface area contributed by atoms with Crippen LogP contribution in [0, 0.1) is 6.92 Å². The van der Waals surface area contributed by atoms with Crippen molar-refractivity contribution in [2.24, 2.45) is 0 Å². The minimum absolute atomic E-state index is 0.344. The van der Waals surface area contributed by atoms with E-state index in [0.717, 1.165) is 24.2 Å². The summed E-state index contributed by atoms with van der Waals surface area (Å²) in [7, 11) is 0. The number of esters is 1. The van der Waals surface area contributed by atoms with Crippen LogP contribution in [0.2, 0.25) is 0 Å². The molecule has 4 nitrogen and oxygen atoms in total. The van der Waals surface area contributed by atoms with E-state index in [1.807, 2.05) is 37.3 Å². The lowest BCUT2D eigenvalue weighted by Gasteiger charge is -2.12. The van der Waals surface area contributed by atoms with Crippen molar-refractivity contribution in [2.75, 3.05) is 6.61 Å². The molecular formula is C17H18N2O2. The number of hydrogen-bond acceptors (Lipinski definition) is 4. The van der Waals surface area contributed by atoms with E-state index in [1.165, 1.54) is 0 Å². The molecule has 1 fully saturated rings. The Morgan fingerprint density at radius 2 is 1.95 bits per heavy atom. The second kappa shape index (κ2) is 5.64. The number of carbonyl (C=O) groups is 1. The SMILES string of the molecule is CCOC(=O)c1c(C)nc(C2CC2)nc1-c1ccccc1. The highest BCUT2D eigenvalue weighted by atomic mass is 16.5. The number of aryl methyl sites for hydroxylation is 1. The molecule has 1 aromatic heterocycles. The highest BCUT2D eigenvalue weighted by Gasteiger charge is 2.29. The van der Waals surface area contributed by atoms with Gasteiger partial charge < -0.3 is 4.74 Å². The van der Waals surface area contributed by atoms with Gasteiger partial charge in [-0.05, 0) is 26.7 Å². The van der Waals surface area contributed by atoms with Crippen molar-refractivity contribution in [3.05, 3.63) is 47.4 Å². The minimum Gasteiger partial charge on any atom is -0.462 e. The van der Waals surface area contributed by atoms with Crippen LogP contribution in [0.3, 0.4) is 0 Å². The van der Waals surface area contributed by atoms with Crippen LogP contribution in [0.4, 0.5) is 0 Å². The van der Waals surface area contributed by atoms with Gasteiger partial charge in [-0.25, -0.2) is 14.8 Å². The zero-order chi connectivity index (χ0) is 14.8. The van der Waals surface area contributed by atoms with E-state index in [-0.39, 0.29) is 5.97 Å². The summed E-state index contributed by atoms with van der Waals surface area (Å²) in [5.74, 6) is 0.943. The van der Waals surface area contributed by atoms with E-state index < -0.39 is 0 Å². The van der Waals surface area contributed by atoms with Crippen LogP contribution in [-0.2, 0) is 4.74 Å². The van der Waals surface area contributed by atoms with E-state index in [1.54, 1.807) is 6.92 Å². The zero-order valence-corrected chi connectivity index (χ0v) is 12.3. The Morgan fingerprint density at radius 3 is 2.57 bits per heavy atom. The predicted molar refractivity (Wildman–Crippen MR) is 80.1 cm³/mol. The van der Waals surface area contributed by atoms with E-state index >= 15 is 0 Å². The Bertz CT molecular complexity index is 664. The lowest BCUT2D eigenvalue weighted by Crippen LogP contribution is -2.13. The summed E-state index contributed by atoms with van der Waals surface area (Å²) < 4.78 is 5.17. The molecule has 0 aliphatic heterocycles. The van der Waals surface area contributed by atoms with Crippen LogP contribution >= 0.6 is 0 Å². The molecule has 0 unspecified atom stereocenters. The van der Waals surface area contributed by atoms with Crippen molar-refractivity contribution in [3.63, 3.8) is 0 Å². The normalized spacial score (nSPS) is 14.0. The van der Waals surface area contributed by atoms with E-state index in [4.69, 9.17) is 4.74 Å². The second-order valence-corrected chi connectivity index (χ2v) is 5.25. The van der Waals surface area contributed by atoms with Crippen LogP contribution in [0.15, 0.2) is 30.3 Å². The fourth-order valence-electron chi connectivity index (χ4n) is 2.37. The second-order valence-electron chi connectivity index (χ2n) is 5.25. The van der Waals surface area contributed by atoms with E-state index in [0.29, 0.717) is 29.5 Å². The Hall–Kier alpha value is -2.23. The molecule has 1 heterocycles. The number of rotatable bonds is 4. The smallest absolute Gasteiger partial charge is 0.342 e. The lowest BCUT2D eigenvalue weighted by atomic mass is 10.0. The molecule has 2 aromatic rings. The zero-order valence-electron chi connectivity index (χ0n) is 12.3. The number of ether oxygens (including phenoxy) is 1. The summed E-state index contributed by atoms with van der Waals surface area (Å²) in [6.07, 6.45) is 2.26. The topological polar surface area (TPSA) is 52.1 Å². The maximum atomic E-state index is 12.3. The molecule has 21 heavy (non-hydrogen) atoms. The highest BCUT2D eigenvalue weighted by molar-refractivity contribution is 5.97. The van der Waals surface area contributed by atoms with Gasteiger partial charge in [-0.15, -0.1) is 0 Å². The van der Waals surface area contributed by atoms with E-state index in [9.17, 15) is 4.79 Å². The van der Waals surface area contributed by atoms with Crippen molar-refractivity contribution in [1.29, 1.82) is 0 Å². The molecule has 0 bridgehead atoms. The first kappa shape index (κ1) is 13.7. The van der Waals surface area contributed by atoms with Gasteiger partial charge in [-0.3, -0.25) is 0 Å². The first-order chi connectivity index (χ1) is 10.2. The van der Waals surface area contributed by atoms with Crippen molar-refractivity contribution < 1.29 is 9.53 Å². The van der Waals surface area contributed by atoms with Gasteiger partial charge in [0.2, 0.25) is 0 Å². The van der Waals surface area contributed by atoms with Crippen molar-refractivity contribution in [1.82, 2.24) is 9.97 Å². The first-order valence-corrected chi connectivity index (χ1v) is 7.31. The van der Waals surface area contributed by atoms with Gasteiger partial charge in [-0.2, -0.15) is 0 Å². The quantitative estimate of drug-likeness (QED) is 0.805. The fourth-order valence-corrected chi connectivity index (χ4v) is 2.37. The molecule has 0 N–H and O–H groups in total. The third kappa shape index (κ3) is 2.79. The van der Waals surface area contributed by atoms with Crippen molar-refractivity contribution in [2.45, 2.75) is 32.6 Å². The van der Waals surface area contributed by atoms with Crippen LogP contribution in [0.1, 0.15) is 47.6 Å². The summed E-state index contributed by atoms with van der Waals surface area (Å²) in [6.45, 7) is 4.00. The molecule has 0 spiro atoms. The van der Waals surface area contributed by atoms with Crippen molar-refractivity contribution in [3.8, 4) is 11.3 Å². The van der Waals surface area contributed by atoms with Crippen LogP contribution < -0.4 is 0 Å². The average Bonchev–Trinajstić information content (AvgIpc) is 3.32. The van der Waals surface area contributed by atoms with Gasteiger partial charge in [0.05, 0.1) is 18.0 Å². The van der Waals surface area contributed by atoms with E-state index in [2.05, 4.69) is 9.97 Å². The standard InChI is InChI=1S/C17H18N2O2/c1-3-21-17(20)14-11(2)18-16(13-9-10-13)19-15(14)12-7-5-4-6-8-12/h4-8,13H,3,9-10H2,1-2H3. The van der Waals surface area contributed by atoms with Gasteiger partial charge >= 0.3 is 5.97 Å². The third-order valence-corrected chi connectivity index (χ3v) is 3.58. The molecule has 0 atom stereocenters. The first-order valence-electron chi connectivity index (χ1n) is 7.31. The fraction of sp³-hybridized carbons (Fsp3) is 0.353. The molecule has 1 aromatic carbocycles. The monoisotopic (exact) mass is 282 g/mol. The molecule has 3 rings (SSSR count). The Balaban J connectivity index is 2.15. The molecule has 1 aliphatic carbocycles. The number of aromatic nitrogens is 2. The number of carbonyl (C=O) groups excluding carboxylic acids is 1. The van der Waals surface area contributed by atoms with Crippen LogP contribution in [0.25, 0.3) is 11.3 Å². The summed E-state index contributed by atoms with van der Waals surface area (Å²) in [4.78, 5) is 21.4. The summed E-state index contributed by atoms with van der Waals surface area (Å²) >= 11 is 0. The summed E-state index contributed by atoms with van der Waals surface area (Å²) in [6, 6.07) is 9.75. The molecule has 1 aliphatic rings. The largest absolute Gasteiger partial charge is 0.462 e. The Labute approximate surface area is 124 Å². The molecule has 1 saturated carbocycles. The average molecular weight is 282 g/mol. The Kier molecular flexibility index (Phi) is 3.69. The summed E-state index contributed by atoms with van der Waals surface area (Å²) in [5.41, 5.74) is 2.79. The van der Waals surface area contributed by atoms with Crippen molar-refractivity contribution >= 4 is 5.97 Å². The predicted octanol–water partition coefficient (Wildman–Crippen LogP) is 3.51.